The van der Waals surface area contributed by atoms with Crippen molar-refractivity contribution >= 4 is 27.5 Å². The highest BCUT2D eigenvalue weighted by atomic mass is 32.2. The van der Waals surface area contributed by atoms with Crippen LogP contribution < -0.4 is 14.4 Å². The Morgan fingerprint density at radius 2 is 1.55 bits per heavy atom. The van der Waals surface area contributed by atoms with Crippen LogP contribution in [0.5, 0.6) is 5.75 Å². The van der Waals surface area contributed by atoms with Crippen molar-refractivity contribution in [1.29, 1.82) is 0 Å². The molecule has 9 heteroatoms. The van der Waals surface area contributed by atoms with E-state index < -0.39 is 28.5 Å². The number of rotatable bonds is 13. The summed E-state index contributed by atoms with van der Waals surface area (Å²) in [4.78, 5) is 28.6. The summed E-state index contributed by atoms with van der Waals surface area (Å²) in [5, 5.41) is 2.90. The molecule has 214 valence electrons. The zero-order valence-electron chi connectivity index (χ0n) is 23.8. The minimum atomic E-state index is -4.16. The van der Waals surface area contributed by atoms with Gasteiger partial charge in [0, 0.05) is 13.1 Å². The number of amides is 2. The van der Waals surface area contributed by atoms with Gasteiger partial charge in [0.25, 0.3) is 10.0 Å². The minimum Gasteiger partial charge on any atom is -0.495 e. The van der Waals surface area contributed by atoms with E-state index in [1.807, 2.05) is 57.2 Å². The fourth-order valence-corrected chi connectivity index (χ4v) is 5.69. The van der Waals surface area contributed by atoms with Gasteiger partial charge in [-0.05, 0) is 61.6 Å². The van der Waals surface area contributed by atoms with E-state index in [2.05, 4.69) is 5.32 Å². The number of hydrogen-bond donors (Lipinski definition) is 1. The van der Waals surface area contributed by atoms with E-state index in [1.54, 1.807) is 37.3 Å². The summed E-state index contributed by atoms with van der Waals surface area (Å²) >= 11 is 0. The van der Waals surface area contributed by atoms with E-state index in [0.717, 1.165) is 15.4 Å². The van der Waals surface area contributed by atoms with Crippen molar-refractivity contribution in [3.05, 3.63) is 90.0 Å². The third-order valence-corrected chi connectivity index (χ3v) is 8.32. The van der Waals surface area contributed by atoms with Gasteiger partial charge in [-0.3, -0.25) is 13.9 Å². The van der Waals surface area contributed by atoms with Crippen molar-refractivity contribution in [2.45, 2.75) is 45.1 Å². The number of sulfonamides is 1. The molecule has 3 aromatic rings. The van der Waals surface area contributed by atoms with Crippen molar-refractivity contribution in [1.82, 2.24) is 10.2 Å². The Morgan fingerprint density at radius 1 is 0.925 bits per heavy atom. The molecule has 0 saturated heterocycles. The third kappa shape index (κ3) is 7.85. The van der Waals surface area contributed by atoms with Crippen LogP contribution in [0.3, 0.4) is 0 Å². The Hall–Kier alpha value is -3.85. The monoisotopic (exact) mass is 565 g/mol. The van der Waals surface area contributed by atoms with Gasteiger partial charge < -0.3 is 15.0 Å². The molecule has 0 aliphatic rings. The molecule has 40 heavy (non-hydrogen) atoms. The summed E-state index contributed by atoms with van der Waals surface area (Å²) in [7, 11) is -2.71. The van der Waals surface area contributed by atoms with Gasteiger partial charge in [0.05, 0.1) is 17.7 Å². The van der Waals surface area contributed by atoms with Gasteiger partial charge in [0.2, 0.25) is 11.8 Å². The number of carbonyl (C=O) groups is 2. The summed E-state index contributed by atoms with van der Waals surface area (Å²) in [6, 6.07) is 22.0. The first kappa shape index (κ1) is 30.7. The van der Waals surface area contributed by atoms with E-state index in [4.69, 9.17) is 4.74 Å². The number of anilines is 1. The number of aryl methyl sites for hydroxylation is 1. The molecule has 8 nitrogen and oxygen atoms in total. The standard InChI is InChI=1S/C31H39N3O5S/c1-23(2)21-32-31(36)25(4)33(19-18-26-12-8-6-9-13-26)30(35)22-34(28-20-24(3)16-17-29(28)39-5)40(37,38)27-14-10-7-11-15-27/h6-17,20,23,25H,18-19,21-22H2,1-5H3,(H,32,36). The second kappa shape index (κ2) is 14.0. The number of nitrogens with one attached hydrogen (secondary N) is 1. The average Bonchev–Trinajstić information content (AvgIpc) is 2.95. The van der Waals surface area contributed by atoms with Crippen LogP contribution >= 0.6 is 0 Å². The second-order valence-electron chi connectivity index (χ2n) is 10.1. The summed E-state index contributed by atoms with van der Waals surface area (Å²) in [6.07, 6.45) is 0.508. The van der Waals surface area contributed by atoms with Crippen LogP contribution in [0.4, 0.5) is 5.69 Å². The molecule has 3 rings (SSSR count). The molecule has 0 aliphatic heterocycles. The predicted molar refractivity (Wildman–Crippen MR) is 158 cm³/mol. The Kier molecular flexibility index (Phi) is 10.7. The van der Waals surface area contributed by atoms with E-state index in [1.165, 1.54) is 24.1 Å². The highest BCUT2D eigenvalue weighted by molar-refractivity contribution is 7.92. The zero-order chi connectivity index (χ0) is 29.3. The molecule has 1 atom stereocenters. The lowest BCUT2D eigenvalue weighted by molar-refractivity contribution is -0.138. The van der Waals surface area contributed by atoms with Crippen LogP contribution in [0, 0.1) is 12.8 Å². The SMILES string of the molecule is COc1ccc(C)cc1N(CC(=O)N(CCc1ccccc1)C(C)C(=O)NCC(C)C)S(=O)(=O)c1ccccc1. The Balaban J connectivity index is 2.02. The average molecular weight is 566 g/mol. The van der Waals surface area contributed by atoms with Crippen molar-refractivity contribution in [3.63, 3.8) is 0 Å². The van der Waals surface area contributed by atoms with Crippen LogP contribution in [0.25, 0.3) is 0 Å². The molecule has 1 unspecified atom stereocenters. The molecule has 1 N–H and O–H groups in total. The highest BCUT2D eigenvalue weighted by Gasteiger charge is 2.33. The maximum absolute atomic E-state index is 14.0. The molecule has 3 aromatic carbocycles. The Morgan fingerprint density at radius 3 is 2.15 bits per heavy atom. The maximum atomic E-state index is 14.0. The fourth-order valence-electron chi connectivity index (χ4n) is 4.25. The summed E-state index contributed by atoms with van der Waals surface area (Å²) in [5.41, 5.74) is 2.06. The molecular weight excluding hydrogens is 526 g/mol. The lowest BCUT2D eigenvalue weighted by atomic mass is 10.1. The van der Waals surface area contributed by atoms with Gasteiger partial charge >= 0.3 is 0 Å². The molecule has 0 aromatic heterocycles. The summed E-state index contributed by atoms with van der Waals surface area (Å²) in [5.74, 6) is -0.228. The second-order valence-corrected chi connectivity index (χ2v) is 12.0. The Labute approximate surface area is 238 Å². The number of benzene rings is 3. The van der Waals surface area contributed by atoms with E-state index in [9.17, 15) is 18.0 Å². The molecule has 0 radical (unpaired) electrons. The van der Waals surface area contributed by atoms with E-state index >= 15 is 0 Å². The van der Waals surface area contributed by atoms with Gasteiger partial charge in [-0.1, -0.05) is 68.4 Å². The number of methoxy groups -OCH3 is 1. The van der Waals surface area contributed by atoms with Crippen molar-refractivity contribution < 1.29 is 22.7 Å². The predicted octanol–water partition coefficient (Wildman–Crippen LogP) is 4.43. The normalized spacial score (nSPS) is 12.1. The number of nitrogens with zero attached hydrogens (tertiary/aromatic N) is 2. The topological polar surface area (TPSA) is 96.0 Å². The van der Waals surface area contributed by atoms with Gasteiger partial charge in [0.15, 0.2) is 0 Å². The van der Waals surface area contributed by atoms with Crippen LogP contribution in [0.15, 0.2) is 83.8 Å². The van der Waals surface area contributed by atoms with Crippen molar-refractivity contribution in [2.24, 2.45) is 5.92 Å². The first-order chi connectivity index (χ1) is 19.0. The van der Waals surface area contributed by atoms with Crippen LogP contribution in [-0.2, 0) is 26.0 Å². The first-order valence-electron chi connectivity index (χ1n) is 13.4. The molecular formula is C31H39N3O5S. The summed E-state index contributed by atoms with van der Waals surface area (Å²) in [6.45, 7) is 7.69. The van der Waals surface area contributed by atoms with E-state index in [-0.39, 0.29) is 29.0 Å². The van der Waals surface area contributed by atoms with Gasteiger partial charge in [-0.2, -0.15) is 0 Å². The van der Waals surface area contributed by atoms with Gasteiger partial charge in [-0.15, -0.1) is 0 Å². The zero-order valence-corrected chi connectivity index (χ0v) is 24.6. The van der Waals surface area contributed by atoms with E-state index in [0.29, 0.717) is 18.7 Å². The molecule has 0 bridgehead atoms. The molecule has 0 spiro atoms. The molecule has 0 heterocycles. The van der Waals surface area contributed by atoms with Gasteiger partial charge in [-0.25, -0.2) is 8.42 Å². The number of hydrogen-bond acceptors (Lipinski definition) is 5. The largest absolute Gasteiger partial charge is 0.495 e. The molecule has 0 aliphatic carbocycles. The quantitative estimate of drug-likeness (QED) is 0.331. The highest BCUT2D eigenvalue weighted by Crippen LogP contribution is 2.33. The molecule has 2 amide bonds. The molecule has 0 fully saturated rings. The lowest BCUT2D eigenvalue weighted by Gasteiger charge is -2.32. The number of ether oxygens (including phenoxy) is 1. The van der Waals surface area contributed by atoms with Crippen LogP contribution in [0.1, 0.15) is 31.9 Å². The third-order valence-electron chi connectivity index (χ3n) is 6.55. The van der Waals surface area contributed by atoms with Gasteiger partial charge in [0.1, 0.15) is 18.3 Å². The Bertz CT molecular complexity index is 1380. The molecule has 0 saturated carbocycles. The van der Waals surface area contributed by atoms with Crippen molar-refractivity contribution in [2.75, 3.05) is 31.0 Å². The van der Waals surface area contributed by atoms with Crippen LogP contribution in [0.2, 0.25) is 0 Å². The fraction of sp³-hybridized carbons (Fsp3) is 0.355. The first-order valence-corrected chi connectivity index (χ1v) is 14.8. The smallest absolute Gasteiger partial charge is 0.264 e. The lowest BCUT2D eigenvalue weighted by Crippen LogP contribution is -2.52. The minimum absolute atomic E-state index is 0.0462. The summed E-state index contributed by atoms with van der Waals surface area (Å²) < 4.78 is 34.5. The number of carbonyl (C=O) groups excluding carboxylic acids is 2. The van der Waals surface area contributed by atoms with Crippen molar-refractivity contribution in [3.8, 4) is 5.75 Å². The maximum Gasteiger partial charge on any atom is 0.264 e. The van der Waals surface area contributed by atoms with Crippen LogP contribution in [-0.4, -0.2) is 57.9 Å².